The maximum Gasteiger partial charge on any atom is 0.238 e. The molecule has 3 rings (SSSR count). The average molecular weight is 349 g/mol. The molecule has 0 unspecified atom stereocenters. The van der Waals surface area contributed by atoms with Crippen molar-refractivity contribution in [3.05, 3.63) is 42.4 Å². The molecule has 0 aromatic carbocycles. The lowest BCUT2D eigenvalue weighted by Crippen LogP contribution is -2.45. The predicted octanol–water partition coefficient (Wildman–Crippen LogP) is 0.308. The van der Waals surface area contributed by atoms with Crippen LogP contribution in [0.25, 0.3) is 5.82 Å². The Morgan fingerprint density at radius 3 is 2.96 bits per heavy atom. The van der Waals surface area contributed by atoms with Crippen molar-refractivity contribution in [2.24, 2.45) is 0 Å². The lowest BCUT2D eigenvalue weighted by molar-refractivity contribution is -0.124. The highest BCUT2D eigenvalue weighted by molar-refractivity contribution is 7.88. The number of amides is 1. The molecule has 1 aliphatic heterocycles. The van der Waals surface area contributed by atoms with E-state index in [9.17, 15) is 13.2 Å². The molecule has 0 spiro atoms. The van der Waals surface area contributed by atoms with E-state index in [-0.39, 0.29) is 5.91 Å². The van der Waals surface area contributed by atoms with Crippen LogP contribution in [0.2, 0.25) is 0 Å². The van der Waals surface area contributed by atoms with Crippen LogP contribution in [0.15, 0.2) is 36.8 Å². The zero-order valence-corrected chi connectivity index (χ0v) is 14.1. The van der Waals surface area contributed by atoms with Gasteiger partial charge < -0.3 is 5.32 Å². The van der Waals surface area contributed by atoms with Crippen molar-refractivity contribution in [2.75, 3.05) is 12.8 Å². The Kier molecular flexibility index (Phi) is 4.63. The molecule has 9 heteroatoms. The number of aromatic nitrogens is 3. The summed E-state index contributed by atoms with van der Waals surface area (Å²) in [5.41, 5.74) is 0.868. The van der Waals surface area contributed by atoms with Gasteiger partial charge in [-0.2, -0.15) is 9.40 Å². The molecule has 1 aliphatic rings. The smallest absolute Gasteiger partial charge is 0.238 e. The monoisotopic (exact) mass is 349 g/mol. The number of hydrogen-bond donors (Lipinski definition) is 1. The first kappa shape index (κ1) is 16.6. The Morgan fingerprint density at radius 1 is 1.42 bits per heavy atom. The van der Waals surface area contributed by atoms with Gasteiger partial charge in [0.25, 0.3) is 0 Å². The maximum atomic E-state index is 12.3. The van der Waals surface area contributed by atoms with Gasteiger partial charge in [0.2, 0.25) is 15.9 Å². The van der Waals surface area contributed by atoms with Crippen LogP contribution in [-0.2, 0) is 21.4 Å². The summed E-state index contributed by atoms with van der Waals surface area (Å²) in [6.07, 6.45) is 7.48. The van der Waals surface area contributed by atoms with E-state index in [1.54, 1.807) is 35.4 Å². The highest BCUT2D eigenvalue weighted by atomic mass is 32.2. The summed E-state index contributed by atoms with van der Waals surface area (Å²) < 4.78 is 26.4. The molecule has 1 amide bonds. The van der Waals surface area contributed by atoms with Crippen molar-refractivity contribution in [2.45, 2.75) is 25.4 Å². The minimum atomic E-state index is -3.37. The summed E-state index contributed by atoms with van der Waals surface area (Å²) >= 11 is 0. The van der Waals surface area contributed by atoms with Crippen LogP contribution in [-0.4, -0.2) is 52.2 Å². The third-order valence-corrected chi connectivity index (χ3v) is 5.24. The molecule has 1 saturated heterocycles. The van der Waals surface area contributed by atoms with Gasteiger partial charge in [0.05, 0.1) is 6.26 Å². The van der Waals surface area contributed by atoms with Gasteiger partial charge in [0.1, 0.15) is 6.04 Å². The van der Waals surface area contributed by atoms with Gasteiger partial charge in [0, 0.05) is 31.7 Å². The molecular formula is C15H19N5O3S. The van der Waals surface area contributed by atoms with Gasteiger partial charge in [-0.05, 0) is 36.6 Å². The van der Waals surface area contributed by atoms with Crippen LogP contribution in [0.3, 0.4) is 0 Å². The lowest BCUT2D eigenvalue weighted by atomic mass is 10.2. The summed E-state index contributed by atoms with van der Waals surface area (Å²) in [5, 5.41) is 6.93. The van der Waals surface area contributed by atoms with E-state index >= 15 is 0 Å². The number of carbonyl (C=O) groups excluding carboxylic acids is 1. The van der Waals surface area contributed by atoms with E-state index in [1.807, 2.05) is 6.07 Å². The minimum Gasteiger partial charge on any atom is -0.351 e. The van der Waals surface area contributed by atoms with Crippen LogP contribution < -0.4 is 5.32 Å². The number of hydrogen-bond acceptors (Lipinski definition) is 5. The molecule has 1 fully saturated rings. The SMILES string of the molecule is CS(=O)(=O)N1CCC[C@@H]1C(=O)NCc1ccnc(-n2cccn2)c1. The molecule has 2 aromatic heterocycles. The van der Waals surface area contributed by atoms with E-state index in [0.717, 1.165) is 11.8 Å². The van der Waals surface area contributed by atoms with Crippen molar-refractivity contribution < 1.29 is 13.2 Å². The summed E-state index contributed by atoms with van der Waals surface area (Å²) in [4.78, 5) is 16.6. The van der Waals surface area contributed by atoms with Crippen molar-refractivity contribution >= 4 is 15.9 Å². The molecule has 24 heavy (non-hydrogen) atoms. The maximum absolute atomic E-state index is 12.3. The molecule has 8 nitrogen and oxygen atoms in total. The minimum absolute atomic E-state index is 0.268. The fourth-order valence-corrected chi connectivity index (χ4v) is 3.93. The molecule has 128 valence electrons. The quantitative estimate of drug-likeness (QED) is 0.838. The fraction of sp³-hybridized carbons (Fsp3) is 0.400. The highest BCUT2D eigenvalue weighted by Crippen LogP contribution is 2.20. The van der Waals surface area contributed by atoms with Crippen LogP contribution in [0, 0.1) is 0 Å². The molecule has 0 bridgehead atoms. The van der Waals surface area contributed by atoms with E-state index < -0.39 is 16.1 Å². The molecule has 3 heterocycles. The fourth-order valence-electron chi connectivity index (χ4n) is 2.81. The normalized spacial score (nSPS) is 18.6. The Balaban J connectivity index is 1.66. The van der Waals surface area contributed by atoms with E-state index in [4.69, 9.17) is 0 Å². The third kappa shape index (κ3) is 3.62. The Hall–Kier alpha value is -2.26. The summed E-state index contributed by atoms with van der Waals surface area (Å²) in [6, 6.07) is 4.81. The van der Waals surface area contributed by atoms with Gasteiger partial charge >= 0.3 is 0 Å². The third-order valence-electron chi connectivity index (χ3n) is 3.95. The molecular weight excluding hydrogens is 330 g/mol. The van der Waals surface area contributed by atoms with Crippen molar-refractivity contribution in [3.63, 3.8) is 0 Å². The predicted molar refractivity (Wildman–Crippen MR) is 87.8 cm³/mol. The molecule has 0 aliphatic carbocycles. The summed E-state index contributed by atoms with van der Waals surface area (Å²) in [6.45, 7) is 0.708. The second kappa shape index (κ2) is 6.70. The topological polar surface area (TPSA) is 97.2 Å². The number of nitrogens with one attached hydrogen (secondary N) is 1. The van der Waals surface area contributed by atoms with Gasteiger partial charge in [0.15, 0.2) is 5.82 Å². The zero-order valence-electron chi connectivity index (χ0n) is 13.3. The number of carbonyl (C=O) groups is 1. The number of rotatable bonds is 5. The van der Waals surface area contributed by atoms with Crippen LogP contribution in [0.1, 0.15) is 18.4 Å². The lowest BCUT2D eigenvalue weighted by Gasteiger charge is -2.21. The van der Waals surface area contributed by atoms with Gasteiger partial charge in [-0.15, -0.1) is 0 Å². The summed E-state index contributed by atoms with van der Waals surface area (Å²) in [7, 11) is -3.37. The van der Waals surface area contributed by atoms with Crippen molar-refractivity contribution in [1.29, 1.82) is 0 Å². The summed E-state index contributed by atoms with van der Waals surface area (Å²) in [5.74, 6) is 0.390. The standard InChI is InChI=1S/C15H19N5O3S/c1-24(22,23)20-9-2-4-13(20)15(21)17-11-12-5-7-16-14(10-12)19-8-3-6-18-19/h3,5-8,10,13H,2,4,9,11H2,1H3,(H,17,21)/t13-/m1/s1. The Bertz CT molecular complexity index is 819. The Labute approximate surface area is 140 Å². The van der Waals surface area contributed by atoms with Gasteiger partial charge in [-0.1, -0.05) is 0 Å². The van der Waals surface area contributed by atoms with Gasteiger partial charge in [-0.25, -0.2) is 18.1 Å². The largest absolute Gasteiger partial charge is 0.351 e. The first-order chi connectivity index (χ1) is 11.4. The second-order valence-corrected chi connectivity index (χ2v) is 7.66. The van der Waals surface area contributed by atoms with Crippen LogP contribution in [0.4, 0.5) is 0 Å². The molecule has 0 radical (unpaired) electrons. The molecule has 1 atom stereocenters. The zero-order chi connectivity index (χ0) is 17.2. The molecule has 1 N–H and O–H groups in total. The number of pyridine rings is 1. The van der Waals surface area contributed by atoms with Crippen LogP contribution in [0.5, 0.6) is 0 Å². The number of sulfonamides is 1. The number of nitrogens with zero attached hydrogens (tertiary/aromatic N) is 4. The van der Waals surface area contributed by atoms with Crippen molar-refractivity contribution in [1.82, 2.24) is 24.4 Å². The first-order valence-corrected chi connectivity index (χ1v) is 9.49. The van der Waals surface area contributed by atoms with E-state index in [0.29, 0.717) is 31.7 Å². The highest BCUT2D eigenvalue weighted by Gasteiger charge is 2.36. The Morgan fingerprint density at radius 2 is 2.25 bits per heavy atom. The second-order valence-electron chi connectivity index (χ2n) is 5.72. The van der Waals surface area contributed by atoms with Gasteiger partial charge in [-0.3, -0.25) is 4.79 Å². The molecule has 0 saturated carbocycles. The average Bonchev–Trinajstić information content (AvgIpc) is 3.23. The van der Waals surface area contributed by atoms with Crippen molar-refractivity contribution in [3.8, 4) is 5.82 Å². The van der Waals surface area contributed by atoms with E-state index in [2.05, 4.69) is 15.4 Å². The van der Waals surface area contributed by atoms with E-state index in [1.165, 1.54) is 4.31 Å². The molecule has 2 aromatic rings. The first-order valence-electron chi connectivity index (χ1n) is 7.64. The van der Waals surface area contributed by atoms with Crippen LogP contribution >= 0.6 is 0 Å².